The van der Waals surface area contributed by atoms with Crippen LogP contribution in [-0.2, 0) is 11.3 Å². The maximum absolute atomic E-state index is 14.2. The van der Waals surface area contributed by atoms with Gasteiger partial charge in [-0.1, -0.05) is 83.1 Å². The molecule has 10 heteroatoms. The first-order valence-electron chi connectivity index (χ1n) is 13.8. The molecule has 1 atom stereocenters. The summed E-state index contributed by atoms with van der Waals surface area (Å²) in [5.41, 5.74) is 4.49. The van der Waals surface area contributed by atoms with Crippen molar-refractivity contribution in [2.24, 2.45) is 4.99 Å². The van der Waals surface area contributed by atoms with Crippen molar-refractivity contribution in [3.63, 3.8) is 0 Å². The Labute approximate surface area is 270 Å². The lowest BCUT2D eigenvalue weighted by Gasteiger charge is -2.24. The third kappa shape index (κ3) is 5.24. The van der Waals surface area contributed by atoms with E-state index in [9.17, 15) is 9.59 Å². The number of amides is 1. The van der Waals surface area contributed by atoms with E-state index in [0.29, 0.717) is 42.9 Å². The van der Waals surface area contributed by atoms with Gasteiger partial charge in [-0.15, -0.1) is 11.3 Å². The minimum absolute atomic E-state index is 0.189. The van der Waals surface area contributed by atoms with Gasteiger partial charge < -0.3 is 9.88 Å². The molecule has 1 amide bonds. The number of nitrogens with zero attached hydrogens (tertiary/aromatic N) is 3. The summed E-state index contributed by atoms with van der Waals surface area (Å²) in [4.78, 5) is 34.1. The van der Waals surface area contributed by atoms with E-state index >= 15 is 0 Å². The molecule has 0 fully saturated rings. The Kier molecular flexibility index (Phi) is 7.60. The normalized spacial score (nSPS) is 15.0. The molecule has 44 heavy (non-hydrogen) atoms. The third-order valence-electron chi connectivity index (χ3n) is 7.55. The number of anilines is 1. The number of thiophene rings is 1. The molecule has 0 saturated heterocycles. The molecule has 1 aliphatic heterocycles. The molecule has 1 N–H and O–H groups in total. The molecular formula is C34H24Cl2N4O2S2. The minimum atomic E-state index is -0.590. The highest BCUT2D eigenvalue weighted by molar-refractivity contribution is 7.10. The number of para-hydroxylation sites is 2. The Balaban J connectivity index is 1.33. The summed E-state index contributed by atoms with van der Waals surface area (Å²) in [6.07, 6.45) is 3.97. The number of nitrogens with one attached hydrogen (secondary N) is 1. The van der Waals surface area contributed by atoms with E-state index in [1.807, 2.05) is 97.4 Å². The van der Waals surface area contributed by atoms with Crippen LogP contribution in [0.2, 0.25) is 10.0 Å². The highest BCUT2D eigenvalue weighted by Crippen LogP contribution is 2.33. The van der Waals surface area contributed by atoms with Crippen LogP contribution in [0.1, 0.15) is 29.0 Å². The number of aromatic nitrogens is 2. The quantitative estimate of drug-likeness (QED) is 0.206. The second kappa shape index (κ2) is 11.7. The van der Waals surface area contributed by atoms with Crippen LogP contribution in [0.25, 0.3) is 17.0 Å². The highest BCUT2D eigenvalue weighted by Gasteiger charge is 2.33. The fourth-order valence-corrected chi connectivity index (χ4v) is 7.73. The lowest BCUT2D eigenvalue weighted by molar-refractivity contribution is -0.113. The van der Waals surface area contributed by atoms with Gasteiger partial charge >= 0.3 is 0 Å². The number of allylic oxidation sites excluding steroid dienone is 1. The molecule has 7 rings (SSSR count). The maximum Gasteiger partial charge on any atom is 0.271 e. The molecule has 0 bridgehead atoms. The van der Waals surface area contributed by atoms with Gasteiger partial charge in [0.25, 0.3) is 11.5 Å². The van der Waals surface area contributed by atoms with Crippen molar-refractivity contribution in [3.05, 3.63) is 154 Å². The number of halogens is 2. The van der Waals surface area contributed by atoms with Gasteiger partial charge in [-0.25, -0.2) is 4.99 Å². The first kappa shape index (κ1) is 28.6. The van der Waals surface area contributed by atoms with Gasteiger partial charge in [0, 0.05) is 39.8 Å². The number of hydrogen-bond acceptors (Lipinski definition) is 5. The summed E-state index contributed by atoms with van der Waals surface area (Å²) >= 11 is 15.3. The average molecular weight is 656 g/mol. The molecule has 0 spiro atoms. The zero-order valence-electron chi connectivity index (χ0n) is 23.3. The van der Waals surface area contributed by atoms with Crippen LogP contribution in [-0.4, -0.2) is 15.0 Å². The molecule has 1 unspecified atom stereocenters. The van der Waals surface area contributed by atoms with E-state index in [-0.39, 0.29) is 11.5 Å². The summed E-state index contributed by atoms with van der Waals surface area (Å²) in [5.74, 6) is -0.282. The molecule has 6 aromatic rings. The van der Waals surface area contributed by atoms with Crippen LogP contribution in [0, 0.1) is 0 Å². The molecule has 3 aromatic heterocycles. The van der Waals surface area contributed by atoms with E-state index in [0.717, 1.165) is 26.9 Å². The number of hydrogen-bond donors (Lipinski definition) is 1. The average Bonchev–Trinajstić information content (AvgIpc) is 3.74. The van der Waals surface area contributed by atoms with Crippen molar-refractivity contribution < 1.29 is 4.79 Å². The Morgan fingerprint density at radius 3 is 2.57 bits per heavy atom. The molecular weight excluding hydrogens is 631 g/mol. The van der Waals surface area contributed by atoms with Crippen molar-refractivity contribution in [1.82, 2.24) is 9.13 Å². The molecule has 0 saturated carbocycles. The summed E-state index contributed by atoms with van der Waals surface area (Å²) in [5, 5.41) is 6.99. The number of carbonyl (C=O) groups excluding carboxylic acids is 1. The van der Waals surface area contributed by atoms with Crippen LogP contribution in [0.5, 0.6) is 0 Å². The molecule has 4 heterocycles. The largest absolute Gasteiger partial charge is 0.342 e. The summed E-state index contributed by atoms with van der Waals surface area (Å²) in [6.45, 7) is 2.41. The molecule has 6 nitrogen and oxygen atoms in total. The van der Waals surface area contributed by atoms with Crippen LogP contribution in [0.4, 0.5) is 5.69 Å². The zero-order chi connectivity index (χ0) is 30.4. The summed E-state index contributed by atoms with van der Waals surface area (Å²) in [7, 11) is 0. The van der Waals surface area contributed by atoms with Crippen LogP contribution < -0.4 is 20.2 Å². The molecule has 0 aliphatic carbocycles. The topological polar surface area (TPSA) is 68.4 Å². The Morgan fingerprint density at radius 1 is 1.00 bits per heavy atom. The van der Waals surface area contributed by atoms with Crippen LogP contribution >= 0.6 is 45.9 Å². The summed E-state index contributed by atoms with van der Waals surface area (Å²) in [6, 6.07) is 26.3. The van der Waals surface area contributed by atoms with E-state index in [2.05, 4.69) is 16.0 Å². The Bertz CT molecular complexity index is 2270. The van der Waals surface area contributed by atoms with Gasteiger partial charge in [-0.2, -0.15) is 0 Å². The molecule has 0 radical (unpaired) electrons. The number of benzene rings is 3. The minimum Gasteiger partial charge on any atom is -0.342 e. The number of carbonyl (C=O) groups is 1. The van der Waals surface area contributed by atoms with Gasteiger partial charge in [-0.3, -0.25) is 14.2 Å². The number of rotatable bonds is 6. The van der Waals surface area contributed by atoms with Crippen molar-refractivity contribution in [2.75, 3.05) is 5.32 Å². The third-order valence-corrected chi connectivity index (χ3v) is 10.2. The van der Waals surface area contributed by atoms with E-state index in [4.69, 9.17) is 28.2 Å². The van der Waals surface area contributed by atoms with Crippen molar-refractivity contribution in [2.45, 2.75) is 19.5 Å². The standard InChI is InChI=1S/C34H24Cl2N4O2S2/c1-20-30(32(41)38-23-8-3-2-4-9-23)31(28-12-7-15-43-28)40-33(42)29(44-34(40)37-20)17-22-19-39(27-11-6-5-10-24(22)27)18-21-13-14-25(35)26(36)16-21/h2-17,19,31H,18H2,1H3,(H,38,41)/b29-17+. The Morgan fingerprint density at radius 2 is 1.80 bits per heavy atom. The van der Waals surface area contributed by atoms with Gasteiger partial charge in [0.05, 0.1) is 25.8 Å². The highest BCUT2D eigenvalue weighted by atomic mass is 35.5. The fourth-order valence-electron chi connectivity index (χ4n) is 5.54. The summed E-state index contributed by atoms with van der Waals surface area (Å²) < 4.78 is 4.34. The lowest BCUT2D eigenvalue weighted by atomic mass is 10.0. The van der Waals surface area contributed by atoms with E-state index < -0.39 is 6.04 Å². The molecule has 1 aliphatic rings. The first-order chi connectivity index (χ1) is 21.4. The van der Waals surface area contributed by atoms with Crippen LogP contribution in [0.3, 0.4) is 0 Å². The van der Waals surface area contributed by atoms with Crippen molar-refractivity contribution in [1.29, 1.82) is 0 Å². The fraction of sp³-hybridized carbons (Fsp3) is 0.0882. The van der Waals surface area contributed by atoms with Gasteiger partial charge in [-0.05, 0) is 60.3 Å². The van der Waals surface area contributed by atoms with E-state index in [1.165, 1.54) is 22.7 Å². The first-order valence-corrected chi connectivity index (χ1v) is 16.3. The second-order valence-corrected chi connectivity index (χ2v) is 13.2. The Hall–Kier alpha value is -4.21. The second-order valence-electron chi connectivity index (χ2n) is 10.4. The van der Waals surface area contributed by atoms with E-state index in [1.54, 1.807) is 10.6 Å². The number of fused-ring (bicyclic) bond motifs is 2. The number of thiazole rings is 1. The van der Waals surface area contributed by atoms with Gasteiger partial charge in [0.15, 0.2) is 4.80 Å². The van der Waals surface area contributed by atoms with Crippen molar-refractivity contribution >= 4 is 74.4 Å². The van der Waals surface area contributed by atoms with Gasteiger partial charge in [0.2, 0.25) is 0 Å². The monoisotopic (exact) mass is 654 g/mol. The predicted octanol–water partition coefficient (Wildman–Crippen LogP) is 7.25. The SMILES string of the molecule is CC1=C(C(=O)Nc2ccccc2)C(c2cccs2)n2c(s/c(=C/c3cn(Cc4ccc(Cl)c(Cl)c4)c4ccccc34)c2=O)=N1. The van der Waals surface area contributed by atoms with Crippen LogP contribution in [0.15, 0.2) is 118 Å². The lowest BCUT2D eigenvalue weighted by Crippen LogP contribution is -2.40. The maximum atomic E-state index is 14.2. The zero-order valence-corrected chi connectivity index (χ0v) is 26.5. The van der Waals surface area contributed by atoms with Crippen molar-refractivity contribution in [3.8, 4) is 0 Å². The molecule has 3 aromatic carbocycles. The molecule has 218 valence electrons. The smallest absolute Gasteiger partial charge is 0.271 e. The predicted molar refractivity (Wildman–Crippen MR) is 181 cm³/mol. The van der Waals surface area contributed by atoms with Gasteiger partial charge in [0.1, 0.15) is 6.04 Å².